The number of halogens is 2. The fourth-order valence-electron chi connectivity index (χ4n) is 3.67. The molecule has 1 unspecified atom stereocenters. The first-order valence-corrected chi connectivity index (χ1v) is 10.2. The largest absolute Gasteiger partial charge is 0.359 e. The second kappa shape index (κ2) is 7.27. The molecular weight excluding hydrogens is 411 g/mol. The number of hydrogen-bond acceptors (Lipinski definition) is 6. The monoisotopic (exact) mass is 428 g/mol. The van der Waals surface area contributed by atoms with E-state index in [4.69, 9.17) is 23.2 Å². The van der Waals surface area contributed by atoms with Crippen molar-refractivity contribution in [2.24, 2.45) is 0 Å². The molecule has 3 aromatic heterocycles. The van der Waals surface area contributed by atoms with Gasteiger partial charge in [0.15, 0.2) is 17.3 Å². The predicted molar refractivity (Wildman–Crippen MR) is 111 cm³/mol. The molecule has 5 rings (SSSR count). The van der Waals surface area contributed by atoms with Gasteiger partial charge in [-0.3, -0.25) is 0 Å². The Labute approximate surface area is 176 Å². The zero-order chi connectivity index (χ0) is 20.0. The maximum Gasteiger partial charge on any atom is 0.185 e. The SMILES string of the molecule is CC(Nc1ccc2nnc(-c3cc(Cl)cc(Cl)c3)n2n1)c1nnc2n1CCCC2. The zero-order valence-corrected chi connectivity index (χ0v) is 17.2. The minimum Gasteiger partial charge on any atom is -0.359 e. The number of nitrogens with zero attached hydrogens (tertiary/aromatic N) is 7. The van der Waals surface area contributed by atoms with E-state index in [1.807, 2.05) is 12.1 Å². The summed E-state index contributed by atoms with van der Waals surface area (Å²) >= 11 is 12.3. The fourth-order valence-corrected chi connectivity index (χ4v) is 4.19. The molecule has 1 aromatic carbocycles. The normalized spacial score (nSPS) is 14.7. The third kappa shape index (κ3) is 3.42. The van der Waals surface area contributed by atoms with Gasteiger partial charge in [0.25, 0.3) is 0 Å². The minimum absolute atomic E-state index is 0.0418. The van der Waals surface area contributed by atoms with Gasteiger partial charge >= 0.3 is 0 Å². The highest BCUT2D eigenvalue weighted by atomic mass is 35.5. The van der Waals surface area contributed by atoms with Crippen molar-refractivity contribution < 1.29 is 0 Å². The molecular formula is C19H18Cl2N8. The zero-order valence-electron chi connectivity index (χ0n) is 15.7. The third-order valence-corrected chi connectivity index (χ3v) is 5.46. The Morgan fingerprint density at radius 2 is 1.83 bits per heavy atom. The summed E-state index contributed by atoms with van der Waals surface area (Å²) in [6, 6.07) is 8.96. The molecule has 0 amide bonds. The molecule has 0 radical (unpaired) electrons. The van der Waals surface area contributed by atoms with E-state index >= 15 is 0 Å². The summed E-state index contributed by atoms with van der Waals surface area (Å²) in [7, 11) is 0. The van der Waals surface area contributed by atoms with E-state index in [1.54, 1.807) is 22.7 Å². The Morgan fingerprint density at radius 1 is 1.00 bits per heavy atom. The van der Waals surface area contributed by atoms with Crippen LogP contribution >= 0.6 is 23.2 Å². The Bertz CT molecular complexity index is 1180. The van der Waals surface area contributed by atoms with Crippen LogP contribution < -0.4 is 5.32 Å². The lowest BCUT2D eigenvalue weighted by atomic mass is 10.1. The fraction of sp³-hybridized carbons (Fsp3) is 0.316. The Morgan fingerprint density at radius 3 is 2.66 bits per heavy atom. The van der Waals surface area contributed by atoms with Crippen LogP contribution in [0.4, 0.5) is 5.82 Å². The second-order valence-corrected chi connectivity index (χ2v) is 7.99. The molecule has 1 atom stereocenters. The maximum absolute atomic E-state index is 6.14. The first-order chi connectivity index (χ1) is 14.1. The van der Waals surface area contributed by atoms with Gasteiger partial charge in [-0.2, -0.15) is 4.52 Å². The molecule has 8 nitrogen and oxygen atoms in total. The number of benzene rings is 1. The highest BCUT2D eigenvalue weighted by molar-refractivity contribution is 6.35. The number of rotatable bonds is 4. The van der Waals surface area contributed by atoms with Crippen LogP contribution in [-0.2, 0) is 13.0 Å². The van der Waals surface area contributed by atoms with Gasteiger partial charge in [0.1, 0.15) is 11.6 Å². The van der Waals surface area contributed by atoms with Crippen molar-refractivity contribution in [3.8, 4) is 11.4 Å². The lowest BCUT2D eigenvalue weighted by Crippen LogP contribution is -2.18. The van der Waals surface area contributed by atoms with Gasteiger partial charge in [-0.1, -0.05) is 23.2 Å². The molecule has 0 bridgehead atoms. The van der Waals surface area contributed by atoms with E-state index in [0.717, 1.165) is 36.6 Å². The van der Waals surface area contributed by atoms with Gasteiger partial charge in [-0.25, -0.2) is 0 Å². The molecule has 1 aliphatic heterocycles. The van der Waals surface area contributed by atoms with Gasteiger partial charge in [-0.15, -0.1) is 25.5 Å². The van der Waals surface area contributed by atoms with E-state index in [1.165, 1.54) is 6.42 Å². The lowest BCUT2D eigenvalue weighted by Gasteiger charge is -2.19. The quantitative estimate of drug-likeness (QED) is 0.524. The summed E-state index contributed by atoms with van der Waals surface area (Å²) in [6.07, 6.45) is 3.31. The van der Waals surface area contributed by atoms with Crippen molar-refractivity contribution in [1.29, 1.82) is 0 Å². The number of nitrogens with one attached hydrogen (secondary N) is 1. The summed E-state index contributed by atoms with van der Waals surface area (Å²) in [4.78, 5) is 0. The van der Waals surface area contributed by atoms with E-state index in [0.29, 0.717) is 27.3 Å². The molecule has 0 saturated heterocycles. The van der Waals surface area contributed by atoms with Gasteiger partial charge in [0.05, 0.1) is 6.04 Å². The minimum atomic E-state index is -0.0418. The van der Waals surface area contributed by atoms with Crippen LogP contribution in [0, 0.1) is 0 Å². The number of fused-ring (bicyclic) bond motifs is 2. The Balaban J connectivity index is 1.47. The molecule has 0 aliphatic carbocycles. The molecule has 4 heterocycles. The van der Waals surface area contributed by atoms with Crippen LogP contribution in [0.5, 0.6) is 0 Å². The highest BCUT2D eigenvalue weighted by Gasteiger charge is 2.20. The van der Waals surface area contributed by atoms with Crippen molar-refractivity contribution in [2.45, 2.75) is 38.8 Å². The average molecular weight is 429 g/mol. The Hall–Kier alpha value is -2.71. The summed E-state index contributed by atoms with van der Waals surface area (Å²) in [5.74, 6) is 3.24. The van der Waals surface area contributed by atoms with E-state index < -0.39 is 0 Å². The molecule has 0 spiro atoms. The topological polar surface area (TPSA) is 85.8 Å². The first-order valence-electron chi connectivity index (χ1n) is 9.46. The number of aryl methyl sites for hydroxylation is 1. The smallest absolute Gasteiger partial charge is 0.185 e. The molecule has 29 heavy (non-hydrogen) atoms. The standard InChI is InChI=1S/C19H18Cl2N8/c1-11(18-25-23-16-4-2-3-7-28(16)18)22-15-5-6-17-24-26-19(29(17)27-15)12-8-13(20)10-14(21)9-12/h5-6,8-11H,2-4,7H2,1H3,(H,22,27). The van der Waals surface area contributed by atoms with Crippen LogP contribution in [0.3, 0.4) is 0 Å². The molecule has 10 heteroatoms. The van der Waals surface area contributed by atoms with Crippen LogP contribution in [0.2, 0.25) is 10.0 Å². The van der Waals surface area contributed by atoms with E-state index in [9.17, 15) is 0 Å². The van der Waals surface area contributed by atoms with Crippen molar-refractivity contribution >= 4 is 34.7 Å². The molecule has 1 N–H and O–H groups in total. The Kier molecular flexibility index (Phi) is 4.60. The van der Waals surface area contributed by atoms with Crippen LogP contribution in [-0.4, -0.2) is 34.6 Å². The molecule has 4 aromatic rings. The average Bonchev–Trinajstić information content (AvgIpc) is 3.31. The van der Waals surface area contributed by atoms with Gasteiger partial charge in [0, 0.05) is 28.6 Å². The van der Waals surface area contributed by atoms with Gasteiger partial charge in [0.2, 0.25) is 0 Å². The second-order valence-electron chi connectivity index (χ2n) is 7.12. The van der Waals surface area contributed by atoms with Crippen molar-refractivity contribution in [3.63, 3.8) is 0 Å². The molecule has 148 valence electrons. The molecule has 0 saturated carbocycles. The maximum atomic E-state index is 6.14. The number of aromatic nitrogens is 7. The molecule has 1 aliphatic rings. The summed E-state index contributed by atoms with van der Waals surface area (Å²) in [5.41, 5.74) is 1.38. The summed E-state index contributed by atoms with van der Waals surface area (Å²) in [6.45, 7) is 3.02. The first kappa shape index (κ1) is 18.3. The van der Waals surface area contributed by atoms with Crippen molar-refractivity contribution in [2.75, 3.05) is 5.32 Å². The van der Waals surface area contributed by atoms with E-state index in [-0.39, 0.29) is 6.04 Å². The van der Waals surface area contributed by atoms with Crippen molar-refractivity contribution in [3.05, 3.63) is 52.0 Å². The number of anilines is 1. The van der Waals surface area contributed by atoms with Gasteiger partial charge in [-0.05, 0) is 50.1 Å². The number of hydrogen-bond donors (Lipinski definition) is 1. The third-order valence-electron chi connectivity index (χ3n) is 5.02. The van der Waals surface area contributed by atoms with E-state index in [2.05, 4.69) is 42.3 Å². The van der Waals surface area contributed by atoms with Gasteiger partial charge < -0.3 is 9.88 Å². The van der Waals surface area contributed by atoms with Crippen LogP contribution in [0.1, 0.15) is 37.5 Å². The summed E-state index contributed by atoms with van der Waals surface area (Å²) in [5, 5.41) is 26.3. The van der Waals surface area contributed by atoms with Crippen LogP contribution in [0.25, 0.3) is 17.0 Å². The van der Waals surface area contributed by atoms with Crippen LogP contribution in [0.15, 0.2) is 30.3 Å². The summed E-state index contributed by atoms with van der Waals surface area (Å²) < 4.78 is 3.88. The predicted octanol–water partition coefficient (Wildman–Crippen LogP) is 4.20. The lowest BCUT2D eigenvalue weighted by molar-refractivity contribution is 0.500. The van der Waals surface area contributed by atoms with Crippen molar-refractivity contribution in [1.82, 2.24) is 34.6 Å². The highest BCUT2D eigenvalue weighted by Crippen LogP contribution is 2.27. The molecule has 0 fully saturated rings.